The highest BCUT2D eigenvalue weighted by Crippen LogP contribution is 2.23. The first-order valence-corrected chi connectivity index (χ1v) is 8.03. The van der Waals surface area contributed by atoms with Crippen LogP contribution in [-0.2, 0) is 17.8 Å². The van der Waals surface area contributed by atoms with Gasteiger partial charge in [0.1, 0.15) is 0 Å². The number of nitrogens with zero attached hydrogens (tertiary/aromatic N) is 2. The van der Waals surface area contributed by atoms with Gasteiger partial charge in [0.05, 0.1) is 17.5 Å². The van der Waals surface area contributed by atoms with Gasteiger partial charge in [0.2, 0.25) is 11.9 Å². The second-order valence-electron chi connectivity index (χ2n) is 5.13. The molecular formula is C17H15Cl2N3O. The first-order chi connectivity index (χ1) is 11.1. The van der Waals surface area contributed by atoms with Crippen LogP contribution in [0.4, 0.5) is 5.95 Å². The molecule has 0 aliphatic heterocycles. The maximum atomic E-state index is 12.3. The molecule has 0 saturated heterocycles. The Balaban J connectivity index is 1.82. The summed E-state index contributed by atoms with van der Waals surface area (Å²) in [6, 6.07) is 12.9. The minimum absolute atomic E-state index is 0.167. The summed E-state index contributed by atoms with van der Waals surface area (Å²) in [5, 5.41) is 3.89. The van der Waals surface area contributed by atoms with Gasteiger partial charge in [-0.25, -0.2) is 4.98 Å². The number of aryl methyl sites for hydroxylation is 1. The van der Waals surface area contributed by atoms with Crippen LogP contribution in [0.3, 0.4) is 0 Å². The number of halogens is 2. The number of para-hydroxylation sites is 2. The summed E-state index contributed by atoms with van der Waals surface area (Å²) in [6.07, 6.45) is 0.170. The van der Waals surface area contributed by atoms with E-state index in [0.29, 0.717) is 16.0 Å². The molecule has 3 aromatic rings. The molecule has 118 valence electrons. The summed E-state index contributed by atoms with van der Waals surface area (Å²) in [6.45, 7) is 2.73. The highest BCUT2D eigenvalue weighted by Gasteiger charge is 2.13. The monoisotopic (exact) mass is 347 g/mol. The Hall–Kier alpha value is -2.04. The summed E-state index contributed by atoms with van der Waals surface area (Å²) >= 11 is 12.0. The van der Waals surface area contributed by atoms with Crippen molar-refractivity contribution in [3.05, 3.63) is 58.1 Å². The van der Waals surface area contributed by atoms with E-state index in [0.717, 1.165) is 23.1 Å². The molecule has 0 aliphatic rings. The van der Waals surface area contributed by atoms with Gasteiger partial charge in [-0.2, -0.15) is 0 Å². The lowest BCUT2D eigenvalue weighted by Gasteiger charge is -2.08. The minimum atomic E-state index is -0.167. The molecule has 0 aliphatic carbocycles. The normalized spacial score (nSPS) is 10.9. The van der Waals surface area contributed by atoms with Gasteiger partial charge in [-0.1, -0.05) is 41.4 Å². The van der Waals surface area contributed by atoms with Crippen LogP contribution in [0.1, 0.15) is 12.5 Å². The lowest BCUT2D eigenvalue weighted by Crippen LogP contribution is -2.18. The number of benzene rings is 2. The first-order valence-electron chi connectivity index (χ1n) is 7.27. The lowest BCUT2D eigenvalue weighted by atomic mass is 10.1. The summed E-state index contributed by atoms with van der Waals surface area (Å²) in [7, 11) is 0. The number of hydrogen-bond acceptors (Lipinski definition) is 2. The minimum Gasteiger partial charge on any atom is -0.310 e. The van der Waals surface area contributed by atoms with Gasteiger partial charge in [-0.15, -0.1) is 0 Å². The second-order valence-corrected chi connectivity index (χ2v) is 5.97. The number of hydrogen-bond donors (Lipinski definition) is 1. The lowest BCUT2D eigenvalue weighted by molar-refractivity contribution is -0.115. The number of nitrogens with one attached hydrogen (secondary N) is 1. The Bertz CT molecular complexity index is 873. The SMILES string of the molecule is CCn1c(NC(=O)Cc2ccc(Cl)cc2Cl)nc2ccccc21. The van der Waals surface area contributed by atoms with Gasteiger partial charge in [0, 0.05) is 16.6 Å². The van der Waals surface area contributed by atoms with Crippen molar-refractivity contribution in [1.82, 2.24) is 9.55 Å². The molecule has 1 amide bonds. The third-order valence-electron chi connectivity index (χ3n) is 3.59. The van der Waals surface area contributed by atoms with Gasteiger partial charge in [-0.05, 0) is 36.8 Å². The fourth-order valence-corrected chi connectivity index (χ4v) is 2.97. The highest BCUT2D eigenvalue weighted by molar-refractivity contribution is 6.35. The third-order valence-corrected chi connectivity index (χ3v) is 4.18. The molecule has 2 aromatic carbocycles. The zero-order valence-corrected chi connectivity index (χ0v) is 14.0. The average Bonchev–Trinajstić information content (AvgIpc) is 2.87. The van der Waals surface area contributed by atoms with Gasteiger partial charge >= 0.3 is 0 Å². The van der Waals surface area contributed by atoms with E-state index in [1.165, 1.54) is 0 Å². The fraction of sp³-hybridized carbons (Fsp3) is 0.176. The van der Waals surface area contributed by atoms with E-state index in [4.69, 9.17) is 23.2 Å². The number of imidazole rings is 1. The van der Waals surface area contributed by atoms with E-state index in [2.05, 4.69) is 10.3 Å². The number of carbonyl (C=O) groups is 1. The Labute approximate surface area is 144 Å². The average molecular weight is 348 g/mol. The van der Waals surface area contributed by atoms with Gasteiger partial charge in [0.25, 0.3) is 0 Å². The zero-order chi connectivity index (χ0) is 16.4. The third kappa shape index (κ3) is 3.33. The Morgan fingerprint density at radius 1 is 1.22 bits per heavy atom. The van der Waals surface area contributed by atoms with E-state index in [9.17, 15) is 4.79 Å². The van der Waals surface area contributed by atoms with Gasteiger partial charge < -0.3 is 4.57 Å². The topological polar surface area (TPSA) is 46.9 Å². The van der Waals surface area contributed by atoms with Crippen molar-refractivity contribution >= 4 is 46.1 Å². The van der Waals surface area contributed by atoms with Crippen molar-refractivity contribution in [3.63, 3.8) is 0 Å². The number of aromatic nitrogens is 2. The van der Waals surface area contributed by atoms with Crippen LogP contribution in [0.25, 0.3) is 11.0 Å². The Kier molecular flexibility index (Phi) is 4.55. The van der Waals surface area contributed by atoms with Crippen LogP contribution in [-0.4, -0.2) is 15.5 Å². The standard InChI is InChI=1S/C17H15Cl2N3O/c1-2-22-15-6-4-3-5-14(15)20-17(22)21-16(23)9-11-7-8-12(18)10-13(11)19/h3-8,10H,2,9H2,1H3,(H,20,21,23). The van der Waals surface area contributed by atoms with Crippen molar-refractivity contribution < 1.29 is 4.79 Å². The number of carbonyl (C=O) groups excluding carboxylic acids is 1. The molecule has 0 spiro atoms. The highest BCUT2D eigenvalue weighted by atomic mass is 35.5. The van der Waals surface area contributed by atoms with Crippen molar-refractivity contribution in [3.8, 4) is 0 Å². The maximum Gasteiger partial charge on any atom is 0.231 e. The van der Waals surface area contributed by atoms with Gasteiger partial charge in [-0.3, -0.25) is 10.1 Å². The quantitative estimate of drug-likeness (QED) is 0.752. The molecule has 0 saturated carbocycles. The van der Waals surface area contributed by atoms with Crippen molar-refractivity contribution in [2.24, 2.45) is 0 Å². The molecule has 0 atom stereocenters. The fourth-order valence-electron chi connectivity index (χ4n) is 2.50. The smallest absolute Gasteiger partial charge is 0.231 e. The van der Waals surface area contributed by atoms with Crippen LogP contribution in [0.5, 0.6) is 0 Å². The molecule has 0 radical (unpaired) electrons. The van der Waals surface area contributed by atoms with Crippen molar-refractivity contribution in [2.45, 2.75) is 19.9 Å². The van der Waals surface area contributed by atoms with Crippen LogP contribution in [0, 0.1) is 0 Å². The molecule has 0 unspecified atom stereocenters. The summed E-state index contributed by atoms with van der Waals surface area (Å²) in [5.41, 5.74) is 2.58. The molecule has 1 heterocycles. The number of fused-ring (bicyclic) bond motifs is 1. The van der Waals surface area contributed by atoms with E-state index >= 15 is 0 Å². The first kappa shape index (κ1) is 15.8. The Morgan fingerprint density at radius 2 is 2.00 bits per heavy atom. The number of amides is 1. The number of rotatable bonds is 4. The molecule has 6 heteroatoms. The second kappa shape index (κ2) is 6.60. The molecule has 1 N–H and O–H groups in total. The van der Waals surface area contributed by atoms with E-state index < -0.39 is 0 Å². The molecule has 4 nitrogen and oxygen atoms in total. The van der Waals surface area contributed by atoms with Crippen molar-refractivity contribution in [2.75, 3.05) is 5.32 Å². The summed E-state index contributed by atoms with van der Waals surface area (Å²) in [4.78, 5) is 16.8. The predicted molar refractivity (Wildman–Crippen MR) is 94.2 cm³/mol. The van der Waals surface area contributed by atoms with Crippen LogP contribution >= 0.6 is 23.2 Å². The van der Waals surface area contributed by atoms with E-state index in [-0.39, 0.29) is 12.3 Å². The zero-order valence-electron chi connectivity index (χ0n) is 12.5. The largest absolute Gasteiger partial charge is 0.310 e. The predicted octanol–water partition coefficient (Wildman–Crippen LogP) is 4.54. The molecule has 23 heavy (non-hydrogen) atoms. The van der Waals surface area contributed by atoms with E-state index in [1.807, 2.05) is 35.8 Å². The van der Waals surface area contributed by atoms with Crippen LogP contribution < -0.4 is 5.32 Å². The molecule has 1 aromatic heterocycles. The molecule has 0 fully saturated rings. The Morgan fingerprint density at radius 3 is 2.74 bits per heavy atom. The van der Waals surface area contributed by atoms with Crippen LogP contribution in [0.2, 0.25) is 10.0 Å². The maximum absolute atomic E-state index is 12.3. The summed E-state index contributed by atoms with van der Waals surface area (Å²) < 4.78 is 1.97. The summed E-state index contributed by atoms with van der Waals surface area (Å²) in [5.74, 6) is 0.378. The van der Waals surface area contributed by atoms with Gasteiger partial charge in [0.15, 0.2) is 0 Å². The molecular weight excluding hydrogens is 333 g/mol. The number of anilines is 1. The molecule has 3 rings (SSSR count). The van der Waals surface area contributed by atoms with Crippen LogP contribution in [0.15, 0.2) is 42.5 Å². The van der Waals surface area contributed by atoms with E-state index in [1.54, 1.807) is 18.2 Å². The molecule has 0 bridgehead atoms. The van der Waals surface area contributed by atoms with Crippen molar-refractivity contribution in [1.29, 1.82) is 0 Å².